The number of carbonyl (C=O) groups excluding carboxylic acids is 1. The Balaban J connectivity index is 1.69. The van der Waals surface area contributed by atoms with Crippen LogP contribution in [-0.4, -0.2) is 29.0 Å². The summed E-state index contributed by atoms with van der Waals surface area (Å²) >= 11 is 0. The Bertz CT molecular complexity index is 1040. The predicted octanol–water partition coefficient (Wildman–Crippen LogP) is 4.39. The fraction of sp³-hybridized carbons (Fsp3) is 0.261. The highest BCUT2D eigenvalue weighted by atomic mass is 19.1. The zero-order chi connectivity index (χ0) is 22.2. The summed E-state index contributed by atoms with van der Waals surface area (Å²) in [6, 6.07) is 11.5. The van der Waals surface area contributed by atoms with Crippen molar-refractivity contribution in [2.45, 2.75) is 26.7 Å². The number of anilines is 3. The molecule has 3 N–H and O–H groups in total. The van der Waals surface area contributed by atoms with Crippen molar-refractivity contribution in [3.05, 3.63) is 77.2 Å². The van der Waals surface area contributed by atoms with E-state index in [1.807, 2.05) is 32.0 Å². The van der Waals surface area contributed by atoms with Crippen molar-refractivity contribution in [2.24, 2.45) is 0 Å². The molecule has 8 heteroatoms. The molecule has 0 spiro atoms. The van der Waals surface area contributed by atoms with Crippen LogP contribution in [0.2, 0.25) is 0 Å². The quantitative estimate of drug-likeness (QED) is 0.443. The van der Waals surface area contributed by atoms with Gasteiger partial charge in [-0.3, -0.25) is 4.79 Å². The number of nitrogens with zero attached hydrogens (tertiary/aromatic N) is 2. The highest BCUT2D eigenvalue weighted by Crippen LogP contribution is 2.20. The van der Waals surface area contributed by atoms with Gasteiger partial charge in [0.25, 0.3) is 0 Å². The van der Waals surface area contributed by atoms with Gasteiger partial charge in [-0.1, -0.05) is 13.0 Å². The summed E-state index contributed by atoms with van der Waals surface area (Å²) in [5.74, 6) is -0.619. The van der Waals surface area contributed by atoms with Gasteiger partial charge in [-0.25, -0.2) is 14.4 Å². The van der Waals surface area contributed by atoms with Crippen LogP contribution in [0.5, 0.6) is 0 Å². The van der Waals surface area contributed by atoms with Crippen LogP contribution in [-0.2, 0) is 17.6 Å². The van der Waals surface area contributed by atoms with E-state index >= 15 is 0 Å². The van der Waals surface area contributed by atoms with E-state index in [1.54, 1.807) is 6.07 Å². The van der Waals surface area contributed by atoms with Crippen LogP contribution in [0, 0.1) is 11.8 Å². The molecule has 0 aliphatic carbocycles. The maximum Gasteiger partial charge on any atom is 0.243 e. The van der Waals surface area contributed by atoms with Gasteiger partial charge >= 0.3 is 0 Å². The second-order valence-corrected chi connectivity index (χ2v) is 7.00. The molecular formula is C23H25F2N5O. The minimum atomic E-state index is -0.609. The molecule has 162 valence electrons. The molecule has 31 heavy (non-hydrogen) atoms. The molecule has 0 unspecified atom stereocenters. The van der Waals surface area contributed by atoms with Gasteiger partial charge in [-0.2, -0.15) is 4.39 Å². The number of benzene rings is 1. The van der Waals surface area contributed by atoms with Crippen LogP contribution in [0.25, 0.3) is 0 Å². The average Bonchev–Trinajstić information content (AvgIpc) is 2.76. The first-order valence-corrected chi connectivity index (χ1v) is 10.1. The van der Waals surface area contributed by atoms with Crippen molar-refractivity contribution in [1.29, 1.82) is 0 Å². The molecule has 1 amide bonds. The van der Waals surface area contributed by atoms with E-state index in [4.69, 9.17) is 0 Å². The van der Waals surface area contributed by atoms with Gasteiger partial charge < -0.3 is 16.0 Å². The number of aromatic nitrogens is 2. The van der Waals surface area contributed by atoms with Gasteiger partial charge in [0.1, 0.15) is 11.6 Å². The van der Waals surface area contributed by atoms with Gasteiger partial charge in [0, 0.05) is 18.7 Å². The van der Waals surface area contributed by atoms with Gasteiger partial charge in [0.05, 0.1) is 24.1 Å². The lowest BCUT2D eigenvalue weighted by atomic mass is 10.0. The van der Waals surface area contributed by atoms with Crippen molar-refractivity contribution < 1.29 is 13.6 Å². The third kappa shape index (κ3) is 6.47. The van der Waals surface area contributed by atoms with E-state index < -0.39 is 5.95 Å². The van der Waals surface area contributed by atoms with E-state index in [9.17, 15) is 13.6 Å². The molecule has 0 radical (unpaired) electrons. The molecule has 2 heterocycles. The Morgan fingerprint density at radius 2 is 1.77 bits per heavy atom. The van der Waals surface area contributed by atoms with Crippen LogP contribution >= 0.6 is 0 Å². The number of carbonyl (C=O) groups is 1. The van der Waals surface area contributed by atoms with Crippen LogP contribution in [0.15, 0.2) is 48.7 Å². The normalized spacial score (nSPS) is 10.6. The molecule has 2 aromatic heterocycles. The van der Waals surface area contributed by atoms with Crippen molar-refractivity contribution in [3.8, 4) is 0 Å². The second kappa shape index (κ2) is 10.5. The predicted molar refractivity (Wildman–Crippen MR) is 118 cm³/mol. The molecular weight excluding hydrogens is 400 g/mol. The smallest absolute Gasteiger partial charge is 0.243 e. The molecule has 1 aromatic carbocycles. The highest BCUT2D eigenvalue weighted by molar-refractivity contribution is 5.93. The number of aryl methyl sites for hydroxylation is 1. The number of hydrogen-bond donors (Lipinski definition) is 3. The zero-order valence-electron chi connectivity index (χ0n) is 17.5. The molecule has 6 nitrogen and oxygen atoms in total. The summed E-state index contributed by atoms with van der Waals surface area (Å²) in [7, 11) is 0. The lowest BCUT2D eigenvalue weighted by Crippen LogP contribution is -2.22. The highest BCUT2D eigenvalue weighted by Gasteiger charge is 2.10. The largest absolute Gasteiger partial charge is 0.376 e. The van der Waals surface area contributed by atoms with Crippen molar-refractivity contribution in [1.82, 2.24) is 9.97 Å². The topological polar surface area (TPSA) is 78.9 Å². The third-order valence-corrected chi connectivity index (χ3v) is 4.57. The van der Waals surface area contributed by atoms with E-state index in [0.717, 1.165) is 23.2 Å². The van der Waals surface area contributed by atoms with Gasteiger partial charge in [-0.05, 0) is 60.9 Å². The van der Waals surface area contributed by atoms with Crippen LogP contribution in [0.1, 0.15) is 30.7 Å². The number of pyridine rings is 2. The average molecular weight is 425 g/mol. The summed E-state index contributed by atoms with van der Waals surface area (Å²) in [5.41, 5.74) is 3.49. The van der Waals surface area contributed by atoms with Crippen LogP contribution in [0.3, 0.4) is 0 Å². The lowest BCUT2D eigenvalue weighted by molar-refractivity contribution is -0.114. The first-order chi connectivity index (χ1) is 15.0. The molecule has 0 aliphatic rings. The Labute approximate surface area is 180 Å². The Morgan fingerprint density at radius 3 is 2.48 bits per heavy atom. The van der Waals surface area contributed by atoms with E-state index in [2.05, 4.69) is 25.9 Å². The van der Waals surface area contributed by atoms with E-state index in [-0.39, 0.29) is 18.3 Å². The fourth-order valence-corrected chi connectivity index (χ4v) is 3.09. The lowest BCUT2D eigenvalue weighted by Gasteiger charge is -2.12. The number of nitrogens with one attached hydrogen (secondary N) is 3. The molecule has 0 fully saturated rings. The monoisotopic (exact) mass is 425 g/mol. The number of amides is 1. The van der Waals surface area contributed by atoms with E-state index in [0.29, 0.717) is 30.2 Å². The van der Waals surface area contributed by atoms with Gasteiger partial charge in [0.15, 0.2) is 0 Å². The van der Waals surface area contributed by atoms with Gasteiger partial charge in [-0.15, -0.1) is 0 Å². The number of rotatable bonds is 9. The zero-order valence-corrected chi connectivity index (χ0v) is 17.5. The van der Waals surface area contributed by atoms with Crippen LogP contribution in [0.4, 0.5) is 26.0 Å². The Hall–Kier alpha value is -3.55. The first kappa shape index (κ1) is 22.1. The van der Waals surface area contributed by atoms with Crippen LogP contribution < -0.4 is 16.0 Å². The first-order valence-electron chi connectivity index (χ1n) is 10.1. The Kier molecular flexibility index (Phi) is 7.48. The molecule has 0 saturated carbocycles. The molecule has 0 aliphatic heterocycles. The SMILES string of the molecule is CCNc1ccc(F)c(Cc2cc(CC)cc(NCC(=O)Nc3ccc(F)nc3)c2)n1. The van der Waals surface area contributed by atoms with Crippen molar-refractivity contribution in [3.63, 3.8) is 0 Å². The number of hydrogen-bond acceptors (Lipinski definition) is 5. The van der Waals surface area contributed by atoms with Crippen molar-refractivity contribution >= 4 is 23.1 Å². The summed E-state index contributed by atoms with van der Waals surface area (Å²) in [6.07, 6.45) is 2.39. The minimum absolute atomic E-state index is 0.0203. The third-order valence-electron chi connectivity index (χ3n) is 4.57. The summed E-state index contributed by atoms with van der Waals surface area (Å²) in [5, 5.41) is 8.83. The maximum atomic E-state index is 14.3. The second-order valence-electron chi connectivity index (χ2n) is 7.00. The van der Waals surface area contributed by atoms with Gasteiger partial charge in [0.2, 0.25) is 11.9 Å². The summed E-state index contributed by atoms with van der Waals surface area (Å²) in [4.78, 5) is 20.1. The van der Waals surface area contributed by atoms with Crippen molar-refractivity contribution in [2.75, 3.05) is 29.0 Å². The molecule has 3 rings (SSSR count). The minimum Gasteiger partial charge on any atom is -0.376 e. The number of halogens is 2. The molecule has 3 aromatic rings. The molecule has 0 atom stereocenters. The fourth-order valence-electron chi connectivity index (χ4n) is 3.09. The summed E-state index contributed by atoms with van der Waals surface area (Å²) in [6.45, 7) is 4.71. The van der Waals surface area contributed by atoms with E-state index in [1.165, 1.54) is 24.4 Å². The molecule has 0 bridgehead atoms. The standard InChI is InChI=1S/C23H25F2N5O/c1-3-15-9-16(12-20-19(24)6-8-22(30-20)26-4-2)11-18(10-15)27-14-23(31)29-17-5-7-21(25)28-13-17/h5-11,13,27H,3-4,12,14H2,1-2H3,(H,26,30)(H,29,31). The Morgan fingerprint density at radius 1 is 0.968 bits per heavy atom. The maximum absolute atomic E-state index is 14.3. The summed E-state index contributed by atoms with van der Waals surface area (Å²) < 4.78 is 27.2. The molecule has 0 saturated heterocycles.